The molecule has 3 N–H and O–H groups in total. The predicted octanol–water partition coefficient (Wildman–Crippen LogP) is 6.40. The quantitative estimate of drug-likeness (QED) is 0.238. The Hall–Kier alpha value is -4.46. The maximum Gasteiger partial charge on any atom is 0.320 e. The fraction of sp³-hybridized carbons (Fsp3) is 0.267. The van der Waals surface area contributed by atoms with Crippen molar-refractivity contribution in [3.8, 4) is 0 Å². The van der Waals surface area contributed by atoms with E-state index in [1.54, 1.807) is 0 Å². The molecule has 1 aromatic heterocycles. The number of nitrogens with zero attached hydrogens (tertiary/aromatic N) is 2. The zero-order valence-electron chi connectivity index (χ0n) is 21.0. The molecular formula is C30H30N4O4. The molecule has 0 bridgehead atoms. The Morgan fingerprint density at radius 1 is 0.816 bits per heavy atom. The summed E-state index contributed by atoms with van der Waals surface area (Å²) < 4.78 is 5.52. The van der Waals surface area contributed by atoms with Gasteiger partial charge in [-0.25, -0.2) is 0 Å². The van der Waals surface area contributed by atoms with Gasteiger partial charge in [0, 0.05) is 17.8 Å². The van der Waals surface area contributed by atoms with Gasteiger partial charge in [0.1, 0.15) is 0 Å². The molecule has 38 heavy (non-hydrogen) atoms. The molecule has 1 fully saturated rings. The Morgan fingerprint density at radius 2 is 1.47 bits per heavy atom. The molecule has 0 atom stereocenters. The molecule has 1 amide bonds. The first-order valence-electron chi connectivity index (χ1n) is 12.9. The van der Waals surface area contributed by atoms with Gasteiger partial charge < -0.3 is 20.2 Å². The number of aliphatic carboxylic acids is 1. The number of benzene rings is 3. The molecule has 5 rings (SSSR count). The molecular weight excluding hydrogens is 480 g/mol. The Kier molecular flexibility index (Phi) is 7.78. The smallest absolute Gasteiger partial charge is 0.320 e. The number of carboxylic acid groups (broad SMARTS) is 1. The number of carbonyl (C=O) groups excluding carboxylic acids is 1. The number of anilines is 3. The van der Waals surface area contributed by atoms with Crippen LogP contribution < -0.4 is 10.6 Å². The average Bonchev–Trinajstić information content (AvgIpc) is 3.40. The summed E-state index contributed by atoms with van der Waals surface area (Å²) in [6, 6.07) is 26.1. The summed E-state index contributed by atoms with van der Waals surface area (Å²) in [7, 11) is 0. The van der Waals surface area contributed by atoms with Gasteiger partial charge in [-0.3, -0.25) is 9.59 Å². The topological polar surface area (TPSA) is 117 Å². The van der Waals surface area contributed by atoms with E-state index in [2.05, 4.69) is 33.0 Å². The number of hydrogen-bond acceptors (Lipinski definition) is 6. The van der Waals surface area contributed by atoms with E-state index < -0.39 is 11.9 Å². The highest BCUT2D eigenvalue weighted by atomic mass is 16.4. The Balaban J connectivity index is 1.12. The summed E-state index contributed by atoms with van der Waals surface area (Å²) in [5.41, 5.74) is 5.06. The van der Waals surface area contributed by atoms with Gasteiger partial charge in [-0.05, 0) is 84.9 Å². The van der Waals surface area contributed by atoms with Gasteiger partial charge in [-0.15, -0.1) is 5.10 Å². The number of carboxylic acids is 1. The standard InChI is InChI=1S/C30H30N4O4/c35-27(36)19-22-6-10-23(11-7-22)24-12-16-25(17-13-24)31-28(37)29-33-34-30(38-29)32-26-14-8-21(9-15-26)18-20-4-2-1-3-5-20/h1-5,8-9,12-17,22-23H,6-7,10-11,18-19H2,(H,31,37)(H,32,34)(H,35,36). The molecule has 3 aromatic carbocycles. The number of amides is 1. The van der Waals surface area contributed by atoms with Crippen molar-refractivity contribution in [3.63, 3.8) is 0 Å². The predicted molar refractivity (Wildman–Crippen MR) is 145 cm³/mol. The monoisotopic (exact) mass is 510 g/mol. The van der Waals surface area contributed by atoms with Crippen molar-refractivity contribution in [1.29, 1.82) is 0 Å². The highest BCUT2D eigenvalue weighted by Crippen LogP contribution is 2.37. The van der Waals surface area contributed by atoms with Gasteiger partial charge in [-0.1, -0.05) is 59.7 Å². The largest absolute Gasteiger partial charge is 0.481 e. The van der Waals surface area contributed by atoms with Crippen LogP contribution in [0.5, 0.6) is 0 Å². The van der Waals surface area contributed by atoms with Crippen LogP contribution in [0.25, 0.3) is 0 Å². The molecule has 1 saturated carbocycles. The van der Waals surface area contributed by atoms with E-state index in [0.29, 0.717) is 11.6 Å². The van der Waals surface area contributed by atoms with E-state index in [1.807, 2.05) is 66.7 Å². The van der Waals surface area contributed by atoms with Gasteiger partial charge in [0.05, 0.1) is 0 Å². The summed E-state index contributed by atoms with van der Waals surface area (Å²) in [5, 5.41) is 22.6. The molecule has 1 aliphatic carbocycles. The minimum Gasteiger partial charge on any atom is -0.481 e. The van der Waals surface area contributed by atoms with Crippen LogP contribution in [0.15, 0.2) is 83.3 Å². The molecule has 8 nitrogen and oxygen atoms in total. The van der Waals surface area contributed by atoms with Gasteiger partial charge in [0.25, 0.3) is 0 Å². The third kappa shape index (κ3) is 6.64. The number of carbonyl (C=O) groups is 2. The molecule has 8 heteroatoms. The highest BCUT2D eigenvalue weighted by molar-refractivity contribution is 6.00. The van der Waals surface area contributed by atoms with Crippen LogP contribution >= 0.6 is 0 Å². The molecule has 1 aliphatic rings. The molecule has 0 saturated heterocycles. The lowest BCUT2D eigenvalue weighted by atomic mass is 9.77. The molecule has 0 unspecified atom stereocenters. The van der Waals surface area contributed by atoms with Crippen LogP contribution in [0.3, 0.4) is 0 Å². The van der Waals surface area contributed by atoms with Gasteiger partial charge in [0.15, 0.2) is 0 Å². The molecule has 1 heterocycles. The molecule has 4 aromatic rings. The van der Waals surface area contributed by atoms with Crippen LogP contribution in [-0.2, 0) is 11.2 Å². The van der Waals surface area contributed by atoms with E-state index >= 15 is 0 Å². The first-order valence-corrected chi connectivity index (χ1v) is 12.9. The van der Waals surface area contributed by atoms with E-state index in [9.17, 15) is 9.59 Å². The molecule has 194 valence electrons. The van der Waals surface area contributed by atoms with Crippen LogP contribution in [0.2, 0.25) is 0 Å². The number of nitrogens with one attached hydrogen (secondary N) is 2. The van der Waals surface area contributed by atoms with Gasteiger partial charge >= 0.3 is 23.8 Å². The molecule has 0 aliphatic heterocycles. The Labute approximate surface area is 221 Å². The second kappa shape index (κ2) is 11.7. The third-order valence-electron chi connectivity index (χ3n) is 7.03. The van der Waals surface area contributed by atoms with Crippen molar-refractivity contribution in [1.82, 2.24) is 10.2 Å². The normalized spacial score (nSPS) is 17.1. The number of rotatable bonds is 9. The highest BCUT2D eigenvalue weighted by Gasteiger charge is 2.24. The lowest BCUT2D eigenvalue weighted by Crippen LogP contribution is -2.16. The summed E-state index contributed by atoms with van der Waals surface area (Å²) in [4.78, 5) is 23.6. The Morgan fingerprint density at radius 3 is 2.16 bits per heavy atom. The zero-order valence-corrected chi connectivity index (χ0v) is 21.0. The van der Waals surface area contributed by atoms with E-state index in [-0.39, 0.29) is 24.2 Å². The van der Waals surface area contributed by atoms with E-state index in [0.717, 1.165) is 37.8 Å². The van der Waals surface area contributed by atoms with Gasteiger partial charge in [0.2, 0.25) is 0 Å². The summed E-state index contributed by atoms with van der Waals surface area (Å²) >= 11 is 0. The molecule has 0 spiro atoms. The lowest BCUT2D eigenvalue weighted by molar-refractivity contribution is -0.138. The zero-order chi connectivity index (χ0) is 26.3. The van der Waals surface area contributed by atoms with Crippen molar-refractivity contribution < 1.29 is 19.1 Å². The SMILES string of the molecule is O=C(O)CC1CCC(c2ccc(NC(=O)c3nnc(Nc4ccc(Cc5ccccc5)cc4)o3)cc2)CC1. The van der Waals surface area contributed by atoms with Crippen LogP contribution in [0, 0.1) is 5.92 Å². The summed E-state index contributed by atoms with van der Waals surface area (Å²) in [6.07, 6.45) is 4.93. The second-order valence-electron chi connectivity index (χ2n) is 9.79. The van der Waals surface area contributed by atoms with Crippen molar-refractivity contribution >= 4 is 29.3 Å². The second-order valence-corrected chi connectivity index (χ2v) is 9.79. The van der Waals surface area contributed by atoms with Crippen LogP contribution in [0.4, 0.5) is 17.4 Å². The van der Waals surface area contributed by atoms with Crippen molar-refractivity contribution in [2.24, 2.45) is 5.92 Å². The fourth-order valence-corrected chi connectivity index (χ4v) is 5.00. The average molecular weight is 511 g/mol. The number of aromatic nitrogens is 2. The lowest BCUT2D eigenvalue weighted by Gasteiger charge is -2.28. The van der Waals surface area contributed by atoms with Crippen LogP contribution in [-0.4, -0.2) is 27.2 Å². The minimum atomic E-state index is -0.717. The summed E-state index contributed by atoms with van der Waals surface area (Å²) in [6.45, 7) is 0. The first-order chi connectivity index (χ1) is 18.5. The van der Waals surface area contributed by atoms with E-state index in [1.165, 1.54) is 16.7 Å². The fourth-order valence-electron chi connectivity index (χ4n) is 5.00. The summed E-state index contributed by atoms with van der Waals surface area (Å²) in [5.74, 6) is -0.637. The van der Waals surface area contributed by atoms with Gasteiger partial charge in [-0.2, -0.15) is 0 Å². The van der Waals surface area contributed by atoms with Crippen molar-refractivity contribution in [2.75, 3.05) is 10.6 Å². The molecule has 0 radical (unpaired) electrons. The maximum absolute atomic E-state index is 12.6. The first kappa shape index (κ1) is 25.2. The number of hydrogen-bond donors (Lipinski definition) is 3. The maximum atomic E-state index is 12.6. The van der Waals surface area contributed by atoms with Crippen molar-refractivity contribution in [2.45, 2.75) is 44.4 Å². The van der Waals surface area contributed by atoms with Crippen LogP contribution in [0.1, 0.15) is 65.4 Å². The van der Waals surface area contributed by atoms with E-state index in [4.69, 9.17) is 9.52 Å². The minimum absolute atomic E-state index is 0.131. The van der Waals surface area contributed by atoms with Crippen molar-refractivity contribution in [3.05, 3.63) is 101 Å². The third-order valence-corrected chi connectivity index (χ3v) is 7.03. The Bertz CT molecular complexity index is 1360.